The van der Waals surface area contributed by atoms with Crippen molar-refractivity contribution in [3.63, 3.8) is 0 Å². The van der Waals surface area contributed by atoms with E-state index in [-0.39, 0.29) is 23.6 Å². The summed E-state index contributed by atoms with van der Waals surface area (Å²) >= 11 is 1.44. The highest BCUT2D eigenvalue weighted by Gasteiger charge is 2.28. The van der Waals surface area contributed by atoms with Crippen LogP contribution in [-0.2, 0) is 0 Å². The number of nitrogens with one attached hydrogen (secondary N) is 2. The molecule has 2 aromatic heterocycles. The molecule has 11 heteroatoms. The Morgan fingerprint density at radius 3 is 2.75 bits per heavy atom. The zero-order chi connectivity index (χ0) is 22.7. The minimum absolute atomic E-state index is 0.0150. The normalized spacial score (nSPS) is 19.0. The van der Waals surface area contributed by atoms with E-state index in [0.717, 1.165) is 41.0 Å². The van der Waals surface area contributed by atoms with Crippen LogP contribution in [0.15, 0.2) is 36.5 Å². The van der Waals surface area contributed by atoms with Gasteiger partial charge in [0.15, 0.2) is 5.13 Å². The molecule has 0 radical (unpaired) electrons. The van der Waals surface area contributed by atoms with E-state index < -0.39 is 18.6 Å². The quantitative estimate of drug-likeness (QED) is 0.495. The van der Waals surface area contributed by atoms with Crippen LogP contribution in [0.1, 0.15) is 36.2 Å². The Labute approximate surface area is 185 Å². The highest BCUT2D eigenvalue weighted by Crippen LogP contribution is 2.33. The number of ether oxygens (including phenoxy) is 1. The molecule has 2 atom stereocenters. The molecular weight excluding hydrogens is 445 g/mol. The standard InChI is InChI=1S/C21H21F3N4O3S/c22-21(23,24)11-26-19(30)16-9-13(7-8-25-16)31-12-5-6-15-18(10-12)32-20(28-15)27-14-3-1-2-4-17(14)29/h5-10,14,17,29H,1-4,11H2,(H,26,30)(H,27,28)/t14-,17-/m1/s1. The van der Waals surface area contributed by atoms with E-state index in [1.807, 2.05) is 0 Å². The van der Waals surface area contributed by atoms with Crippen molar-refractivity contribution in [3.8, 4) is 11.5 Å². The van der Waals surface area contributed by atoms with Gasteiger partial charge in [-0.05, 0) is 31.0 Å². The molecule has 170 valence electrons. The molecule has 0 aliphatic heterocycles. The van der Waals surface area contributed by atoms with E-state index in [0.29, 0.717) is 5.75 Å². The molecule has 0 saturated heterocycles. The number of fused-ring (bicyclic) bond motifs is 1. The summed E-state index contributed by atoms with van der Waals surface area (Å²) < 4.78 is 43.5. The van der Waals surface area contributed by atoms with Crippen molar-refractivity contribution in [2.45, 2.75) is 44.0 Å². The summed E-state index contributed by atoms with van der Waals surface area (Å²) in [5.74, 6) is -0.186. The summed E-state index contributed by atoms with van der Waals surface area (Å²) in [5, 5.41) is 16.0. The third-order valence-corrected chi connectivity index (χ3v) is 6.00. The van der Waals surface area contributed by atoms with Crippen LogP contribution >= 0.6 is 11.3 Å². The highest BCUT2D eigenvalue weighted by molar-refractivity contribution is 7.22. The van der Waals surface area contributed by atoms with Gasteiger partial charge in [-0.2, -0.15) is 13.2 Å². The number of hydrogen-bond donors (Lipinski definition) is 3. The first-order chi connectivity index (χ1) is 15.3. The molecule has 0 spiro atoms. The van der Waals surface area contributed by atoms with Crippen LogP contribution in [-0.4, -0.2) is 45.8 Å². The predicted octanol–water partition coefficient (Wildman–Crippen LogP) is 4.49. The first-order valence-electron chi connectivity index (χ1n) is 10.1. The molecule has 1 fully saturated rings. The van der Waals surface area contributed by atoms with Crippen molar-refractivity contribution >= 4 is 32.6 Å². The molecule has 3 N–H and O–H groups in total. The minimum atomic E-state index is -4.50. The maximum absolute atomic E-state index is 12.3. The number of aromatic nitrogens is 2. The van der Waals surface area contributed by atoms with Gasteiger partial charge in [-0.15, -0.1) is 0 Å². The molecule has 4 rings (SSSR count). The number of amides is 1. The third-order valence-electron chi connectivity index (χ3n) is 5.05. The number of nitrogens with zero attached hydrogens (tertiary/aromatic N) is 2. The SMILES string of the molecule is O=C(NCC(F)(F)F)c1cc(Oc2ccc3nc(N[C@@H]4CCCC[C@H]4O)sc3c2)ccn1. The van der Waals surface area contributed by atoms with Crippen molar-refractivity contribution in [2.75, 3.05) is 11.9 Å². The van der Waals surface area contributed by atoms with Crippen LogP contribution in [0.3, 0.4) is 0 Å². The Morgan fingerprint density at radius 1 is 1.19 bits per heavy atom. The maximum atomic E-state index is 12.3. The number of aliphatic hydroxyl groups excluding tert-OH is 1. The summed E-state index contributed by atoms with van der Waals surface area (Å²) in [4.78, 5) is 20.3. The van der Waals surface area contributed by atoms with Gasteiger partial charge in [-0.3, -0.25) is 9.78 Å². The Balaban J connectivity index is 1.44. The number of carbonyl (C=O) groups excluding carboxylic acids is 1. The maximum Gasteiger partial charge on any atom is 0.405 e. The van der Waals surface area contributed by atoms with Gasteiger partial charge in [-0.1, -0.05) is 24.2 Å². The number of carbonyl (C=O) groups is 1. The van der Waals surface area contributed by atoms with Gasteiger partial charge in [0.25, 0.3) is 5.91 Å². The monoisotopic (exact) mass is 466 g/mol. The zero-order valence-corrected chi connectivity index (χ0v) is 17.7. The largest absolute Gasteiger partial charge is 0.457 e. The molecule has 1 amide bonds. The van der Waals surface area contributed by atoms with Crippen LogP contribution in [0, 0.1) is 0 Å². The molecule has 3 aromatic rings. The zero-order valence-electron chi connectivity index (χ0n) is 16.9. The number of rotatable bonds is 6. The summed E-state index contributed by atoms with van der Waals surface area (Å²) in [5.41, 5.74) is 0.597. The number of anilines is 1. The second kappa shape index (κ2) is 9.29. The molecule has 0 bridgehead atoms. The molecule has 32 heavy (non-hydrogen) atoms. The lowest BCUT2D eigenvalue weighted by atomic mass is 9.93. The number of benzene rings is 1. The van der Waals surface area contributed by atoms with Gasteiger partial charge in [-0.25, -0.2) is 4.98 Å². The number of thiazole rings is 1. The van der Waals surface area contributed by atoms with Crippen molar-refractivity contribution < 1.29 is 27.8 Å². The fraction of sp³-hybridized carbons (Fsp3) is 0.381. The first-order valence-corrected chi connectivity index (χ1v) is 10.9. The van der Waals surface area contributed by atoms with Gasteiger partial charge < -0.3 is 20.5 Å². The molecule has 7 nitrogen and oxygen atoms in total. The number of aliphatic hydroxyl groups is 1. The molecule has 1 aliphatic carbocycles. The molecule has 0 unspecified atom stereocenters. The van der Waals surface area contributed by atoms with Crippen LogP contribution in [0.2, 0.25) is 0 Å². The Morgan fingerprint density at radius 2 is 1.97 bits per heavy atom. The smallest absolute Gasteiger partial charge is 0.405 e. The van der Waals surface area contributed by atoms with Gasteiger partial charge in [0.1, 0.15) is 23.7 Å². The fourth-order valence-electron chi connectivity index (χ4n) is 3.47. The summed E-state index contributed by atoms with van der Waals surface area (Å²) in [6, 6.07) is 8.07. The molecule has 1 aliphatic rings. The Hall–Kier alpha value is -2.92. The van der Waals surface area contributed by atoms with Gasteiger partial charge in [0, 0.05) is 18.3 Å². The van der Waals surface area contributed by atoms with E-state index >= 15 is 0 Å². The Bertz CT molecular complexity index is 1110. The average molecular weight is 466 g/mol. The second-order valence-corrected chi connectivity index (χ2v) is 8.56. The van der Waals surface area contributed by atoms with E-state index in [1.54, 1.807) is 23.5 Å². The van der Waals surface area contributed by atoms with Crippen molar-refractivity contribution in [1.29, 1.82) is 0 Å². The summed E-state index contributed by atoms with van der Waals surface area (Å²) in [6.45, 7) is -1.44. The van der Waals surface area contributed by atoms with Crippen LogP contribution in [0.25, 0.3) is 10.2 Å². The van der Waals surface area contributed by atoms with Gasteiger partial charge >= 0.3 is 6.18 Å². The topological polar surface area (TPSA) is 96.4 Å². The van der Waals surface area contributed by atoms with Crippen molar-refractivity contribution in [2.24, 2.45) is 0 Å². The number of pyridine rings is 1. The first kappa shape index (κ1) is 22.3. The van der Waals surface area contributed by atoms with E-state index in [1.165, 1.54) is 29.7 Å². The van der Waals surface area contributed by atoms with E-state index in [4.69, 9.17) is 4.74 Å². The van der Waals surface area contributed by atoms with Gasteiger partial charge in [0.05, 0.1) is 22.4 Å². The average Bonchev–Trinajstić information content (AvgIpc) is 3.15. The number of alkyl halides is 3. The van der Waals surface area contributed by atoms with Crippen molar-refractivity contribution in [1.82, 2.24) is 15.3 Å². The van der Waals surface area contributed by atoms with Crippen LogP contribution in [0.5, 0.6) is 11.5 Å². The highest BCUT2D eigenvalue weighted by atomic mass is 32.1. The fourth-order valence-corrected chi connectivity index (χ4v) is 4.43. The van der Waals surface area contributed by atoms with Crippen LogP contribution < -0.4 is 15.4 Å². The lowest BCUT2D eigenvalue weighted by molar-refractivity contribution is -0.123. The van der Waals surface area contributed by atoms with Crippen LogP contribution in [0.4, 0.5) is 18.3 Å². The second-order valence-electron chi connectivity index (χ2n) is 7.53. The Kier molecular flexibility index (Phi) is 6.47. The summed E-state index contributed by atoms with van der Waals surface area (Å²) in [7, 11) is 0. The molecular formula is C21H21F3N4O3S. The summed E-state index contributed by atoms with van der Waals surface area (Å²) in [6.07, 6.45) is 0.177. The molecule has 1 aromatic carbocycles. The van der Waals surface area contributed by atoms with Gasteiger partial charge in [0.2, 0.25) is 0 Å². The third kappa shape index (κ3) is 5.65. The minimum Gasteiger partial charge on any atom is -0.457 e. The number of halogens is 3. The molecule has 1 saturated carbocycles. The van der Waals surface area contributed by atoms with E-state index in [9.17, 15) is 23.1 Å². The van der Waals surface area contributed by atoms with E-state index in [2.05, 4.69) is 15.3 Å². The predicted molar refractivity (Wildman–Crippen MR) is 114 cm³/mol. The lowest BCUT2D eigenvalue weighted by Crippen LogP contribution is -2.36. The number of hydrogen-bond acceptors (Lipinski definition) is 7. The molecule has 2 heterocycles. The lowest BCUT2D eigenvalue weighted by Gasteiger charge is -2.27. The van der Waals surface area contributed by atoms with Crippen molar-refractivity contribution in [3.05, 3.63) is 42.2 Å².